The molecule has 140 valence electrons. The van der Waals surface area contributed by atoms with E-state index < -0.39 is 0 Å². The van der Waals surface area contributed by atoms with Crippen LogP contribution in [0.2, 0.25) is 0 Å². The lowest BCUT2D eigenvalue weighted by Gasteiger charge is -2.07. The molecular formula is C20H23N5O2. The maximum atomic E-state index is 12.3. The minimum absolute atomic E-state index is 0.178. The van der Waals surface area contributed by atoms with Crippen LogP contribution in [0.25, 0.3) is 5.95 Å². The normalized spacial score (nSPS) is 10.8. The molecule has 0 unspecified atom stereocenters. The lowest BCUT2D eigenvalue weighted by Crippen LogP contribution is -2.25. The van der Waals surface area contributed by atoms with Gasteiger partial charge in [0.15, 0.2) is 0 Å². The van der Waals surface area contributed by atoms with E-state index in [1.165, 1.54) is 0 Å². The molecule has 0 spiro atoms. The highest BCUT2D eigenvalue weighted by Crippen LogP contribution is 2.17. The molecule has 7 heteroatoms. The molecule has 3 rings (SSSR count). The fourth-order valence-corrected chi connectivity index (χ4v) is 2.90. The number of amides is 1. The molecule has 0 aliphatic heterocycles. The number of nitrogens with zero attached hydrogens (tertiary/aromatic N) is 4. The Bertz CT molecular complexity index is 930. The number of rotatable bonds is 6. The molecule has 1 aromatic carbocycles. The molecule has 0 fully saturated rings. The Morgan fingerprint density at radius 3 is 2.41 bits per heavy atom. The molecule has 1 amide bonds. The molecule has 1 N–H and O–H groups in total. The number of hydroxylamine groups is 1. The summed E-state index contributed by atoms with van der Waals surface area (Å²) in [6.45, 7) is 7.94. The van der Waals surface area contributed by atoms with Crippen LogP contribution < -0.4 is 5.48 Å². The Balaban J connectivity index is 1.68. The van der Waals surface area contributed by atoms with Crippen molar-refractivity contribution in [2.75, 3.05) is 0 Å². The molecule has 7 nitrogen and oxygen atoms in total. The minimum Gasteiger partial charge on any atom is -0.272 e. The number of aromatic nitrogens is 4. The zero-order valence-electron chi connectivity index (χ0n) is 16.0. The van der Waals surface area contributed by atoms with Gasteiger partial charge in [-0.2, -0.15) is 5.10 Å². The Kier molecular flexibility index (Phi) is 5.61. The Morgan fingerprint density at radius 1 is 1.07 bits per heavy atom. The van der Waals surface area contributed by atoms with Crippen molar-refractivity contribution in [3.63, 3.8) is 0 Å². The Morgan fingerprint density at radius 2 is 1.74 bits per heavy atom. The quantitative estimate of drug-likeness (QED) is 0.679. The number of aryl methyl sites for hydroxylation is 3. The van der Waals surface area contributed by atoms with Crippen LogP contribution in [0.5, 0.6) is 0 Å². The van der Waals surface area contributed by atoms with Gasteiger partial charge in [0, 0.05) is 22.6 Å². The van der Waals surface area contributed by atoms with Crippen molar-refractivity contribution in [2.45, 2.75) is 40.7 Å². The number of benzene rings is 1. The summed E-state index contributed by atoms with van der Waals surface area (Å²) in [5, 5.41) is 4.51. The molecule has 0 aliphatic rings. The smallest absolute Gasteiger partial charge is 0.251 e. The fraction of sp³-hybridized carbons (Fsp3) is 0.300. The van der Waals surface area contributed by atoms with E-state index in [2.05, 4.69) is 20.5 Å². The van der Waals surface area contributed by atoms with Crippen molar-refractivity contribution in [1.82, 2.24) is 25.2 Å². The van der Waals surface area contributed by atoms with Gasteiger partial charge in [-0.05, 0) is 39.3 Å². The first-order valence-electron chi connectivity index (χ1n) is 8.76. The van der Waals surface area contributed by atoms with E-state index in [0.29, 0.717) is 12.6 Å². The first-order valence-corrected chi connectivity index (χ1v) is 8.76. The van der Waals surface area contributed by atoms with Crippen LogP contribution in [0, 0.1) is 27.7 Å². The van der Waals surface area contributed by atoms with Gasteiger partial charge in [-0.25, -0.2) is 20.1 Å². The largest absolute Gasteiger partial charge is 0.272 e. The highest BCUT2D eigenvalue weighted by Gasteiger charge is 2.17. The highest BCUT2D eigenvalue weighted by atomic mass is 16.6. The van der Waals surface area contributed by atoms with Gasteiger partial charge in [0.2, 0.25) is 5.91 Å². The highest BCUT2D eigenvalue weighted by molar-refractivity contribution is 5.78. The van der Waals surface area contributed by atoms with Crippen molar-refractivity contribution >= 4 is 5.91 Å². The van der Waals surface area contributed by atoms with Crippen molar-refractivity contribution in [2.24, 2.45) is 0 Å². The van der Waals surface area contributed by atoms with Gasteiger partial charge < -0.3 is 0 Å². The zero-order valence-corrected chi connectivity index (χ0v) is 16.0. The second-order valence-electron chi connectivity index (χ2n) is 6.49. The summed E-state index contributed by atoms with van der Waals surface area (Å²) in [5.74, 6) is 0.290. The number of hydrogen-bond acceptors (Lipinski definition) is 5. The van der Waals surface area contributed by atoms with E-state index in [-0.39, 0.29) is 12.3 Å². The summed E-state index contributed by atoms with van der Waals surface area (Å²) < 4.78 is 1.68. The molecule has 0 bridgehead atoms. The van der Waals surface area contributed by atoms with E-state index in [1.54, 1.807) is 4.68 Å². The van der Waals surface area contributed by atoms with Crippen LogP contribution in [-0.4, -0.2) is 25.7 Å². The molecule has 0 radical (unpaired) electrons. The van der Waals surface area contributed by atoms with Gasteiger partial charge in [0.25, 0.3) is 5.95 Å². The van der Waals surface area contributed by atoms with Gasteiger partial charge in [-0.1, -0.05) is 30.3 Å². The van der Waals surface area contributed by atoms with E-state index in [0.717, 1.165) is 33.9 Å². The lowest BCUT2D eigenvalue weighted by molar-refractivity contribution is -0.133. The molecular weight excluding hydrogens is 342 g/mol. The van der Waals surface area contributed by atoms with Gasteiger partial charge in [0.05, 0.1) is 18.7 Å². The first kappa shape index (κ1) is 18.7. The fourth-order valence-electron chi connectivity index (χ4n) is 2.90. The monoisotopic (exact) mass is 365 g/mol. The van der Waals surface area contributed by atoms with Crippen LogP contribution >= 0.6 is 0 Å². The molecule has 0 aliphatic carbocycles. The van der Waals surface area contributed by atoms with Crippen LogP contribution in [-0.2, 0) is 22.7 Å². The predicted octanol–water partition coefficient (Wildman–Crippen LogP) is 2.69. The predicted molar refractivity (Wildman–Crippen MR) is 101 cm³/mol. The Hall–Kier alpha value is -3.06. The average Bonchev–Trinajstić information content (AvgIpc) is 2.90. The maximum Gasteiger partial charge on any atom is 0.251 e. The second-order valence-corrected chi connectivity index (χ2v) is 6.49. The third-order valence-electron chi connectivity index (χ3n) is 4.21. The zero-order chi connectivity index (χ0) is 19.4. The molecule has 0 saturated carbocycles. The third-order valence-corrected chi connectivity index (χ3v) is 4.21. The number of hydrogen-bond donors (Lipinski definition) is 1. The van der Waals surface area contributed by atoms with Crippen molar-refractivity contribution in [3.8, 4) is 5.95 Å². The number of nitrogens with one attached hydrogen (secondary N) is 1. The van der Waals surface area contributed by atoms with Crippen LogP contribution in [0.3, 0.4) is 0 Å². The summed E-state index contributed by atoms with van der Waals surface area (Å²) in [5.41, 5.74) is 7.69. The first-order chi connectivity index (χ1) is 12.9. The number of carbonyl (C=O) groups is 1. The van der Waals surface area contributed by atoms with Crippen LogP contribution in [0.4, 0.5) is 0 Å². The van der Waals surface area contributed by atoms with E-state index in [1.807, 2.05) is 64.1 Å². The Labute approximate surface area is 158 Å². The van der Waals surface area contributed by atoms with Crippen LogP contribution in [0.1, 0.15) is 33.9 Å². The topological polar surface area (TPSA) is 81.9 Å². The third kappa shape index (κ3) is 4.57. The van der Waals surface area contributed by atoms with Crippen molar-refractivity contribution in [1.29, 1.82) is 0 Å². The summed E-state index contributed by atoms with van der Waals surface area (Å²) >= 11 is 0. The molecule has 3 aromatic rings. The summed E-state index contributed by atoms with van der Waals surface area (Å²) in [4.78, 5) is 26.5. The lowest BCUT2D eigenvalue weighted by atomic mass is 10.1. The summed E-state index contributed by atoms with van der Waals surface area (Å²) in [6, 6.07) is 11.6. The van der Waals surface area contributed by atoms with E-state index in [4.69, 9.17) is 4.84 Å². The van der Waals surface area contributed by atoms with Gasteiger partial charge in [-0.3, -0.25) is 9.63 Å². The molecule has 27 heavy (non-hydrogen) atoms. The molecule has 2 aromatic heterocycles. The van der Waals surface area contributed by atoms with E-state index in [9.17, 15) is 4.79 Å². The number of carbonyl (C=O) groups excluding carboxylic acids is 1. The molecule has 0 saturated heterocycles. The van der Waals surface area contributed by atoms with Crippen molar-refractivity contribution < 1.29 is 9.63 Å². The molecule has 2 heterocycles. The standard InChI is InChI=1S/C20H23N5O2/c1-13-10-14(2)22-20(21-13)25-16(4)18(15(3)23-25)11-19(26)24-27-12-17-8-6-5-7-9-17/h5-10H,11-12H2,1-4H3,(H,24,26). The SMILES string of the molecule is Cc1cc(C)nc(-n2nc(C)c(CC(=O)NOCc3ccccc3)c2C)n1. The van der Waals surface area contributed by atoms with Crippen LogP contribution in [0.15, 0.2) is 36.4 Å². The van der Waals surface area contributed by atoms with Crippen molar-refractivity contribution in [3.05, 3.63) is 70.3 Å². The van der Waals surface area contributed by atoms with E-state index >= 15 is 0 Å². The van der Waals surface area contributed by atoms with Gasteiger partial charge in [-0.15, -0.1) is 0 Å². The second kappa shape index (κ2) is 8.09. The summed E-state index contributed by atoms with van der Waals surface area (Å²) in [7, 11) is 0. The maximum absolute atomic E-state index is 12.3. The summed E-state index contributed by atoms with van der Waals surface area (Å²) in [6.07, 6.45) is 0.178. The van der Waals surface area contributed by atoms with Gasteiger partial charge in [0.1, 0.15) is 0 Å². The van der Waals surface area contributed by atoms with Gasteiger partial charge >= 0.3 is 0 Å². The minimum atomic E-state index is -0.224. The average molecular weight is 365 g/mol. The molecule has 0 atom stereocenters.